The molecule has 0 saturated carbocycles. The van der Waals surface area contributed by atoms with E-state index in [0.29, 0.717) is 6.04 Å². The molecule has 1 unspecified atom stereocenters. The topological polar surface area (TPSA) is 69.4 Å². The van der Waals surface area contributed by atoms with Crippen LogP contribution in [0.1, 0.15) is 30.9 Å². The van der Waals surface area contributed by atoms with Gasteiger partial charge in [0.15, 0.2) is 0 Å². The normalized spacial score (nSPS) is 12.8. The number of hydrogen-bond donors (Lipinski definition) is 3. The molecule has 0 spiro atoms. The van der Waals surface area contributed by atoms with Crippen LogP contribution in [-0.2, 0) is 6.42 Å². The molecule has 16 heavy (non-hydrogen) atoms. The number of aromatic nitrogens is 4. The van der Waals surface area contributed by atoms with Gasteiger partial charge < -0.3 is 10.3 Å². The number of aryl methyl sites for hydroxylation is 1. The van der Waals surface area contributed by atoms with E-state index in [-0.39, 0.29) is 0 Å². The third-order valence-corrected chi connectivity index (χ3v) is 2.58. The molecule has 5 heteroatoms. The van der Waals surface area contributed by atoms with Gasteiger partial charge in [-0.3, -0.25) is 5.10 Å². The molecule has 2 aromatic heterocycles. The molecule has 0 radical (unpaired) electrons. The van der Waals surface area contributed by atoms with Crippen LogP contribution in [0.4, 0.5) is 0 Å². The smallest absolute Gasteiger partial charge is 0.106 e. The van der Waals surface area contributed by atoms with Crippen molar-refractivity contribution in [2.45, 2.75) is 25.8 Å². The highest BCUT2D eigenvalue weighted by Crippen LogP contribution is 2.07. The number of nitrogens with zero attached hydrogens (tertiary/aromatic N) is 2. The molecule has 0 aliphatic rings. The molecule has 0 fully saturated rings. The highest BCUT2D eigenvalue weighted by atomic mass is 15.1. The molecular formula is C11H17N5. The van der Waals surface area contributed by atoms with Gasteiger partial charge in [-0.05, 0) is 26.0 Å². The molecule has 0 aliphatic heterocycles. The lowest BCUT2D eigenvalue weighted by Gasteiger charge is -2.11. The first kappa shape index (κ1) is 10.9. The van der Waals surface area contributed by atoms with Gasteiger partial charge in [-0.15, -0.1) is 0 Å². The third kappa shape index (κ3) is 2.93. The summed E-state index contributed by atoms with van der Waals surface area (Å²) in [5.41, 5.74) is 1.12. The minimum absolute atomic E-state index is 0.319. The van der Waals surface area contributed by atoms with Gasteiger partial charge in [0, 0.05) is 31.1 Å². The molecule has 0 aliphatic carbocycles. The quantitative estimate of drug-likeness (QED) is 0.643. The maximum Gasteiger partial charge on any atom is 0.106 e. The SMILES string of the molecule is CC(NCCCc1ncc[nH]1)c1ccn[nH]1. The van der Waals surface area contributed by atoms with Crippen molar-refractivity contribution < 1.29 is 0 Å². The average molecular weight is 219 g/mol. The number of nitrogens with one attached hydrogen (secondary N) is 3. The Morgan fingerprint density at radius 1 is 1.44 bits per heavy atom. The Kier molecular flexibility index (Phi) is 3.71. The number of hydrogen-bond acceptors (Lipinski definition) is 3. The second-order valence-corrected chi connectivity index (χ2v) is 3.83. The van der Waals surface area contributed by atoms with Crippen LogP contribution in [-0.4, -0.2) is 26.7 Å². The molecule has 5 nitrogen and oxygen atoms in total. The molecule has 0 aromatic carbocycles. The van der Waals surface area contributed by atoms with E-state index in [1.54, 1.807) is 12.4 Å². The van der Waals surface area contributed by atoms with Crippen LogP contribution < -0.4 is 5.32 Å². The molecule has 2 rings (SSSR count). The van der Waals surface area contributed by atoms with E-state index in [1.807, 2.05) is 12.3 Å². The van der Waals surface area contributed by atoms with Crippen molar-refractivity contribution in [3.8, 4) is 0 Å². The predicted octanol–water partition coefficient (Wildman–Crippen LogP) is 1.42. The first-order valence-corrected chi connectivity index (χ1v) is 5.57. The summed E-state index contributed by atoms with van der Waals surface area (Å²) < 4.78 is 0. The van der Waals surface area contributed by atoms with E-state index >= 15 is 0 Å². The van der Waals surface area contributed by atoms with Crippen molar-refractivity contribution in [1.82, 2.24) is 25.5 Å². The van der Waals surface area contributed by atoms with E-state index in [2.05, 4.69) is 32.4 Å². The van der Waals surface area contributed by atoms with Crippen molar-refractivity contribution in [3.05, 3.63) is 36.2 Å². The van der Waals surface area contributed by atoms with Gasteiger partial charge >= 0.3 is 0 Å². The van der Waals surface area contributed by atoms with Crippen LogP contribution in [0.25, 0.3) is 0 Å². The molecule has 0 amide bonds. The maximum absolute atomic E-state index is 4.18. The predicted molar refractivity (Wildman–Crippen MR) is 61.9 cm³/mol. The number of H-pyrrole nitrogens is 2. The van der Waals surface area contributed by atoms with Crippen LogP contribution in [0.3, 0.4) is 0 Å². The van der Waals surface area contributed by atoms with Gasteiger partial charge in [-0.25, -0.2) is 4.98 Å². The number of imidazole rings is 1. The van der Waals surface area contributed by atoms with Crippen molar-refractivity contribution >= 4 is 0 Å². The van der Waals surface area contributed by atoms with Crippen LogP contribution in [0.5, 0.6) is 0 Å². The van der Waals surface area contributed by atoms with E-state index in [4.69, 9.17) is 0 Å². The van der Waals surface area contributed by atoms with Crippen LogP contribution in [0, 0.1) is 0 Å². The van der Waals surface area contributed by atoms with Crippen molar-refractivity contribution in [2.24, 2.45) is 0 Å². The Balaban J connectivity index is 1.65. The summed E-state index contributed by atoms with van der Waals surface area (Å²) in [6, 6.07) is 2.31. The Morgan fingerprint density at radius 2 is 2.38 bits per heavy atom. The summed E-state index contributed by atoms with van der Waals surface area (Å²) in [6.45, 7) is 3.10. The van der Waals surface area contributed by atoms with E-state index in [9.17, 15) is 0 Å². The van der Waals surface area contributed by atoms with Crippen molar-refractivity contribution in [1.29, 1.82) is 0 Å². The van der Waals surface area contributed by atoms with Gasteiger partial charge in [0.2, 0.25) is 0 Å². The van der Waals surface area contributed by atoms with Gasteiger partial charge in [-0.1, -0.05) is 0 Å². The van der Waals surface area contributed by atoms with Gasteiger partial charge in [0.1, 0.15) is 5.82 Å². The summed E-state index contributed by atoms with van der Waals surface area (Å²) in [5.74, 6) is 1.05. The first-order valence-electron chi connectivity index (χ1n) is 5.57. The monoisotopic (exact) mass is 219 g/mol. The summed E-state index contributed by atoms with van der Waals surface area (Å²) in [5, 5.41) is 10.3. The summed E-state index contributed by atoms with van der Waals surface area (Å²) in [6.07, 6.45) is 7.48. The standard InChI is InChI=1S/C11H17N5/c1-9(10-4-6-15-16-10)12-5-2-3-11-13-7-8-14-11/h4,6-9,12H,2-3,5H2,1H3,(H,13,14)(H,15,16). The van der Waals surface area contributed by atoms with E-state index < -0.39 is 0 Å². The lowest BCUT2D eigenvalue weighted by molar-refractivity contribution is 0.543. The lowest BCUT2D eigenvalue weighted by Crippen LogP contribution is -2.20. The summed E-state index contributed by atoms with van der Waals surface area (Å²) in [4.78, 5) is 7.28. The fraction of sp³-hybridized carbons (Fsp3) is 0.455. The second-order valence-electron chi connectivity index (χ2n) is 3.83. The molecule has 1 atom stereocenters. The van der Waals surface area contributed by atoms with Crippen LogP contribution >= 0.6 is 0 Å². The summed E-state index contributed by atoms with van der Waals surface area (Å²) >= 11 is 0. The van der Waals surface area contributed by atoms with Crippen LogP contribution in [0.2, 0.25) is 0 Å². The molecular weight excluding hydrogens is 202 g/mol. The minimum Gasteiger partial charge on any atom is -0.349 e. The zero-order chi connectivity index (χ0) is 11.2. The van der Waals surface area contributed by atoms with E-state index in [1.165, 1.54) is 0 Å². The fourth-order valence-corrected chi connectivity index (χ4v) is 1.63. The Morgan fingerprint density at radius 3 is 3.06 bits per heavy atom. The molecule has 0 saturated heterocycles. The Bertz CT molecular complexity index is 378. The molecule has 2 aromatic rings. The lowest BCUT2D eigenvalue weighted by atomic mass is 10.2. The third-order valence-electron chi connectivity index (χ3n) is 2.58. The first-order chi connectivity index (χ1) is 7.86. The zero-order valence-corrected chi connectivity index (χ0v) is 9.40. The zero-order valence-electron chi connectivity index (χ0n) is 9.40. The van der Waals surface area contributed by atoms with Crippen molar-refractivity contribution in [3.63, 3.8) is 0 Å². The van der Waals surface area contributed by atoms with E-state index in [0.717, 1.165) is 30.9 Å². The number of rotatable bonds is 6. The molecule has 0 bridgehead atoms. The largest absolute Gasteiger partial charge is 0.349 e. The maximum atomic E-state index is 4.18. The molecule has 86 valence electrons. The second kappa shape index (κ2) is 5.46. The average Bonchev–Trinajstić information content (AvgIpc) is 2.96. The highest BCUT2D eigenvalue weighted by molar-refractivity contribution is 5.02. The van der Waals surface area contributed by atoms with Gasteiger partial charge in [0.25, 0.3) is 0 Å². The van der Waals surface area contributed by atoms with Gasteiger partial charge in [-0.2, -0.15) is 5.10 Å². The number of aromatic amines is 2. The molecule has 2 heterocycles. The highest BCUT2D eigenvalue weighted by Gasteiger charge is 2.04. The Hall–Kier alpha value is -1.62. The minimum atomic E-state index is 0.319. The fourth-order valence-electron chi connectivity index (χ4n) is 1.63. The van der Waals surface area contributed by atoms with Gasteiger partial charge in [0.05, 0.1) is 5.69 Å². The van der Waals surface area contributed by atoms with Crippen LogP contribution in [0.15, 0.2) is 24.7 Å². The Labute approximate surface area is 94.7 Å². The summed E-state index contributed by atoms with van der Waals surface area (Å²) in [7, 11) is 0. The molecule has 3 N–H and O–H groups in total. The van der Waals surface area contributed by atoms with Crippen molar-refractivity contribution in [2.75, 3.05) is 6.54 Å².